The minimum Gasteiger partial charge on any atom is -0.489 e. The van der Waals surface area contributed by atoms with Crippen LogP contribution in [0.25, 0.3) is 11.5 Å². The summed E-state index contributed by atoms with van der Waals surface area (Å²) in [6.07, 6.45) is 3.14. The van der Waals surface area contributed by atoms with Gasteiger partial charge in [-0.15, -0.1) is 0 Å². The van der Waals surface area contributed by atoms with Gasteiger partial charge in [0.25, 0.3) is 0 Å². The number of benzene rings is 1. The number of alkyl halides is 2. The molecule has 1 aromatic carbocycles. The van der Waals surface area contributed by atoms with Crippen LogP contribution >= 0.6 is 0 Å². The van der Waals surface area contributed by atoms with E-state index in [1.165, 1.54) is 6.07 Å². The first kappa shape index (κ1) is 30.5. The van der Waals surface area contributed by atoms with Crippen molar-refractivity contribution in [2.24, 2.45) is 11.7 Å². The number of nitrogens with zero attached hydrogens (tertiary/aromatic N) is 3. The molecule has 11 heteroatoms. The summed E-state index contributed by atoms with van der Waals surface area (Å²) < 4.78 is 40.8. The average molecular weight is 526 g/mol. The summed E-state index contributed by atoms with van der Waals surface area (Å²) in [5.74, 6) is 1.73. The van der Waals surface area contributed by atoms with Crippen molar-refractivity contribution in [3.8, 4) is 23.0 Å². The van der Waals surface area contributed by atoms with E-state index in [0.29, 0.717) is 41.5 Å². The molecule has 2 aliphatic rings. The number of nitrogens with one attached hydrogen (secondary N) is 1. The Morgan fingerprint density at radius 3 is 2.54 bits per heavy atom. The van der Waals surface area contributed by atoms with Gasteiger partial charge in [-0.05, 0) is 57.9 Å². The van der Waals surface area contributed by atoms with Crippen molar-refractivity contribution in [2.75, 3.05) is 40.0 Å². The third-order valence-electron chi connectivity index (χ3n) is 5.96. The molecule has 0 spiro atoms. The molecule has 4 rings (SSSR count). The van der Waals surface area contributed by atoms with Crippen molar-refractivity contribution in [3.05, 3.63) is 29.7 Å². The number of carbonyl (C=O) groups is 1. The van der Waals surface area contributed by atoms with E-state index >= 15 is 0 Å². The Morgan fingerprint density at radius 1 is 1.27 bits per heavy atom. The molecule has 9 nitrogen and oxygen atoms in total. The number of oxazole rings is 1. The van der Waals surface area contributed by atoms with Crippen LogP contribution in [0.1, 0.15) is 45.1 Å². The van der Waals surface area contributed by atoms with Gasteiger partial charge in [0.1, 0.15) is 5.76 Å². The third kappa shape index (κ3) is 9.56. The van der Waals surface area contributed by atoms with Crippen molar-refractivity contribution in [2.45, 2.75) is 59.7 Å². The summed E-state index contributed by atoms with van der Waals surface area (Å²) in [6, 6.07) is 5.11. The summed E-state index contributed by atoms with van der Waals surface area (Å²) in [4.78, 5) is 18.9. The number of rotatable bonds is 10. The molecule has 1 aromatic heterocycles. The van der Waals surface area contributed by atoms with Gasteiger partial charge in [-0.1, -0.05) is 13.8 Å². The van der Waals surface area contributed by atoms with Gasteiger partial charge in [0.15, 0.2) is 11.5 Å². The fourth-order valence-corrected chi connectivity index (χ4v) is 3.74. The van der Waals surface area contributed by atoms with Gasteiger partial charge in [-0.2, -0.15) is 8.78 Å². The number of carbonyl (C=O) groups excluding carboxylic acids is 1. The van der Waals surface area contributed by atoms with Crippen molar-refractivity contribution in [1.29, 1.82) is 0 Å². The Kier molecular flexibility index (Phi) is 12.7. The molecule has 1 atom stereocenters. The summed E-state index contributed by atoms with van der Waals surface area (Å²) in [5, 5.41) is 3.12. The van der Waals surface area contributed by atoms with Gasteiger partial charge in [-0.3, -0.25) is 9.69 Å². The van der Waals surface area contributed by atoms with Crippen LogP contribution in [0.2, 0.25) is 0 Å². The zero-order valence-electron chi connectivity index (χ0n) is 22.5. The molecule has 1 aliphatic heterocycles. The highest BCUT2D eigenvalue weighted by Gasteiger charge is 2.24. The van der Waals surface area contributed by atoms with Crippen LogP contribution in [0.5, 0.6) is 11.5 Å². The minimum absolute atomic E-state index is 0.00623. The van der Waals surface area contributed by atoms with E-state index in [-0.39, 0.29) is 18.0 Å². The van der Waals surface area contributed by atoms with E-state index in [1.54, 1.807) is 19.1 Å². The van der Waals surface area contributed by atoms with E-state index in [0.717, 1.165) is 45.6 Å². The number of nitrogens with two attached hydrogens (primary N) is 1. The lowest BCUT2D eigenvalue weighted by atomic mass is 10.2. The zero-order chi connectivity index (χ0) is 27.4. The molecule has 1 amide bonds. The minimum atomic E-state index is -2.91. The van der Waals surface area contributed by atoms with Gasteiger partial charge in [-0.25, -0.2) is 4.98 Å². The normalized spacial score (nSPS) is 17.4. The largest absolute Gasteiger partial charge is 0.489 e. The highest BCUT2D eigenvalue weighted by atomic mass is 19.3. The second-order valence-corrected chi connectivity index (χ2v) is 8.80. The second kappa shape index (κ2) is 15.5. The number of hydrogen-bond acceptors (Lipinski definition) is 8. The lowest BCUT2D eigenvalue weighted by Crippen LogP contribution is -2.53. The first-order valence-electron chi connectivity index (χ1n) is 12.8. The van der Waals surface area contributed by atoms with Gasteiger partial charge >= 0.3 is 6.61 Å². The predicted molar refractivity (Wildman–Crippen MR) is 138 cm³/mol. The number of ether oxygens (including phenoxy) is 2. The van der Waals surface area contributed by atoms with Gasteiger partial charge in [0.2, 0.25) is 12.3 Å². The zero-order valence-corrected chi connectivity index (χ0v) is 22.5. The molecular formula is C26H41F2N5O4. The molecule has 1 saturated carbocycles. The Balaban J connectivity index is 0.000000291. The third-order valence-corrected chi connectivity index (χ3v) is 5.96. The van der Waals surface area contributed by atoms with Crippen LogP contribution in [0.4, 0.5) is 8.78 Å². The first-order valence-corrected chi connectivity index (χ1v) is 12.8. The molecule has 2 aromatic rings. The highest BCUT2D eigenvalue weighted by molar-refractivity contribution is 5.60. The van der Waals surface area contributed by atoms with Crippen LogP contribution in [-0.4, -0.2) is 73.8 Å². The van der Waals surface area contributed by atoms with Crippen molar-refractivity contribution in [1.82, 2.24) is 20.1 Å². The summed E-state index contributed by atoms with van der Waals surface area (Å²) >= 11 is 0. The van der Waals surface area contributed by atoms with E-state index in [4.69, 9.17) is 14.9 Å². The maximum absolute atomic E-state index is 12.5. The number of halogens is 2. The Morgan fingerprint density at radius 2 is 2.00 bits per heavy atom. The number of piperazine rings is 1. The summed E-state index contributed by atoms with van der Waals surface area (Å²) in [7, 11) is 1.94. The maximum atomic E-state index is 12.5. The lowest BCUT2D eigenvalue weighted by molar-refractivity contribution is -0.120. The number of aromatic nitrogens is 1. The molecule has 0 unspecified atom stereocenters. The summed E-state index contributed by atoms with van der Waals surface area (Å²) in [6.45, 7) is 9.37. The van der Waals surface area contributed by atoms with Crippen LogP contribution in [0.15, 0.2) is 22.6 Å². The maximum Gasteiger partial charge on any atom is 0.387 e. The fraction of sp³-hybridized carbons (Fsp3) is 0.615. The highest BCUT2D eigenvalue weighted by Crippen LogP contribution is 2.36. The Bertz CT molecular complexity index is 955. The van der Waals surface area contributed by atoms with Gasteiger partial charge in [0.05, 0.1) is 18.8 Å². The SMILES string of the molecule is CC.CNCN1CCN(C=O)C[C@H]1C.Cc1nc(-c2ccc(OC(F)F)c(OCC3CC3)c2)oc1CN. The van der Waals surface area contributed by atoms with E-state index < -0.39 is 6.61 Å². The molecule has 1 aliphatic carbocycles. The van der Waals surface area contributed by atoms with Crippen molar-refractivity contribution < 1.29 is 27.5 Å². The second-order valence-electron chi connectivity index (χ2n) is 8.80. The Labute approximate surface area is 218 Å². The first-order chi connectivity index (χ1) is 17.8. The quantitative estimate of drug-likeness (QED) is 0.451. The summed E-state index contributed by atoms with van der Waals surface area (Å²) in [5.41, 5.74) is 6.91. The molecule has 3 N–H and O–H groups in total. The number of amides is 1. The van der Waals surface area contributed by atoms with E-state index in [1.807, 2.05) is 25.8 Å². The molecule has 208 valence electrons. The van der Waals surface area contributed by atoms with Gasteiger partial charge in [0, 0.05) is 37.9 Å². The molecule has 2 heterocycles. The van der Waals surface area contributed by atoms with Crippen LogP contribution in [-0.2, 0) is 11.3 Å². The van der Waals surface area contributed by atoms with Crippen LogP contribution in [0.3, 0.4) is 0 Å². The smallest absolute Gasteiger partial charge is 0.387 e. The lowest BCUT2D eigenvalue weighted by Gasteiger charge is -2.37. The molecule has 1 saturated heterocycles. The topological polar surface area (TPSA) is 106 Å². The predicted octanol–water partition coefficient (Wildman–Crippen LogP) is 3.85. The molecule has 0 radical (unpaired) electrons. The van der Waals surface area contributed by atoms with E-state index in [9.17, 15) is 13.6 Å². The van der Waals surface area contributed by atoms with Crippen LogP contribution < -0.4 is 20.5 Å². The number of aryl methyl sites for hydroxylation is 1. The monoisotopic (exact) mass is 525 g/mol. The van der Waals surface area contributed by atoms with E-state index in [2.05, 4.69) is 26.9 Å². The van der Waals surface area contributed by atoms with Crippen LogP contribution in [0, 0.1) is 12.8 Å². The fourth-order valence-electron chi connectivity index (χ4n) is 3.74. The molecular weight excluding hydrogens is 484 g/mol. The molecule has 37 heavy (non-hydrogen) atoms. The standard InChI is InChI=1S/C16H18F2N2O3.C8H17N3O.C2H6/c1-9-14(7-19)22-15(20-9)11-4-5-12(23-16(17)18)13(6-11)21-8-10-2-3-10;1-8-5-10(7-12)3-4-11(8)6-9-2;1-2/h4-6,10,16H,2-3,7-8,19H2,1H3;7-9H,3-6H2,1-2H3;1-2H3/t;8-;/m.1./s1. The molecule has 2 fully saturated rings. The Hall–Kier alpha value is -2.76. The van der Waals surface area contributed by atoms with Gasteiger partial charge < -0.3 is 29.8 Å². The average Bonchev–Trinajstić information content (AvgIpc) is 3.65. The molecule has 0 bridgehead atoms. The van der Waals surface area contributed by atoms with Crippen molar-refractivity contribution >= 4 is 6.41 Å². The van der Waals surface area contributed by atoms with Crippen molar-refractivity contribution in [3.63, 3.8) is 0 Å². The number of hydrogen-bond donors (Lipinski definition) is 2.